The Morgan fingerprint density at radius 1 is 1.86 bits per heavy atom. The Bertz CT molecular complexity index is 94.9. The van der Waals surface area contributed by atoms with Crippen LogP contribution >= 0.6 is 8.25 Å². The lowest BCUT2D eigenvalue weighted by molar-refractivity contribution is 0.457. The molecule has 7 heavy (non-hydrogen) atoms. The van der Waals surface area contributed by atoms with Crippen molar-refractivity contribution in [3.05, 3.63) is 0 Å². The molecule has 0 amide bonds. The molecule has 42 valence electrons. The molecule has 0 aromatic carbocycles. The lowest BCUT2D eigenvalue weighted by Crippen LogP contribution is -2.11. The molecule has 1 rings (SSSR count). The van der Waals surface area contributed by atoms with Gasteiger partial charge in [0.05, 0.1) is 0 Å². The molecular weight excluding hydrogens is 147 g/mol. The van der Waals surface area contributed by atoms with E-state index in [4.69, 9.17) is 8.43 Å². The SMILES string of the molecule is C[SiH]1O[PH](=O)O[SiH2]1. The third-order valence-corrected chi connectivity index (χ3v) is 9.60. The predicted octanol–water partition coefficient (Wildman–Crippen LogP) is -0.643. The third kappa shape index (κ3) is 1.51. The van der Waals surface area contributed by atoms with Crippen LogP contribution in [-0.2, 0) is 13.0 Å². The number of hydrogen-bond donors (Lipinski definition) is 0. The highest BCUT2D eigenvalue weighted by Crippen LogP contribution is 2.29. The molecule has 1 heterocycles. The minimum atomic E-state index is -1.93. The third-order valence-electron chi connectivity index (χ3n) is 0.733. The predicted molar refractivity (Wildman–Crippen MR) is 32.7 cm³/mol. The van der Waals surface area contributed by atoms with Crippen LogP contribution in [0.3, 0.4) is 0 Å². The van der Waals surface area contributed by atoms with Crippen molar-refractivity contribution in [1.82, 2.24) is 0 Å². The highest BCUT2D eigenvalue weighted by molar-refractivity contribution is 7.43. The first-order chi connectivity index (χ1) is 3.29. The quantitative estimate of drug-likeness (QED) is 0.344. The second kappa shape index (κ2) is 2.23. The summed E-state index contributed by atoms with van der Waals surface area (Å²) >= 11 is 0. The van der Waals surface area contributed by atoms with Gasteiger partial charge in [0, 0.05) is 0 Å². The van der Waals surface area contributed by atoms with E-state index in [9.17, 15) is 4.57 Å². The molecule has 0 saturated carbocycles. The van der Waals surface area contributed by atoms with Gasteiger partial charge < -0.3 is 8.43 Å². The molecule has 1 fully saturated rings. The molecule has 6 heteroatoms. The molecule has 1 aliphatic heterocycles. The minimum Gasteiger partial charge on any atom is -0.362 e. The average molecular weight is 154 g/mol. The Balaban J connectivity index is 2.40. The summed E-state index contributed by atoms with van der Waals surface area (Å²) in [6.45, 7) is 2.03. The molecule has 1 saturated heterocycles. The van der Waals surface area contributed by atoms with E-state index in [-0.39, 0.29) is 0 Å². The van der Waals surface area contributed by atoms with Crippen LogP contribution in [0.25, 0.3) is 0 Å². The molecule has 0 bridgehead atoms. The maximum Gasteiger partial charge on any atom is 0.298 e. The highest BCUT2D eigenvalue weighted by atomic mass is 31.1. The fourth-order valence-corrected chi connectivity index (χ4v) is 9.55. The van der Waals surface area contributed by atoms with Gasteiger partial charge in [-0.1, -0.05) is 0 Å². The molecule has 2 unspecified atom stereocenters. The van der Waals surface area contributed by atoms with Gasteiger partial charge in [-0.25, -0.2) is 0 Å². The maximum absolute atomic E-state index is 10.3. The van der Waals surface area contributed by atoms with Crippen molar-refractivity contribution < 1.29 is 13.0 Å². The Hall–Kier alpha value is 0.584. The molecule has 1 aliphatic rings. The number of hydrogen-bond acceptors (Lipinski definition) is 3. The standard InChI is InChI=1S/CH7O3PSi2/c1-7-4-5(2)3-6-7/h5,7H,6H2,1H3. The van der Waals surface area contributed by atoms with Crippen molar-refractivity contribution in [1.29, 1.82) is 0 Å². The van der Waals surface area contributed by atoms with Gasteiger partial charge in [0.15, 0.2) is 17.8 Å². The van der Waals surface area contributed by atoms with Crippen LogP contribution in [0.15, 0.2) is 0 Å². The molecule has 0 aliphatic carbocycles. The fraction of sp³-hybridized carbons (Fsp3) is 1.00. The van der Waals surface area contributed by atoms with Gasteiger partial charge in [0.25, 0.3) is 8.25 Å². The van der Waals surface area contributed by atoms with E-state index in [2.05, 4.69) is 0 Å². The fourth-order valence-electron chi connectivity index (χ4n) is 0.418. The van der Waals surface area contributed by atoms with Gasteiger partial charge >= 0.3 is 0 Å². The summed E-state index contributed by atoms with van der Waals surface area (Å²) in [5.74, 6) is 0. The number of rotatable bonds is 0. The van der Waals surface area contributed by atoms with Gasteiger partial charge in [-0.05, 0) is 6.55 Å². The van der Waals surface area contributed by atoms with Crippen LogP contribution in [0.4, 0.5) is 0 Å². The molecular formula is CH7O3PSi2. The monoisotopic (exact) mass is 154 g/mol. The molecule has 2 atom stereocenters. The molecule has 0 spiro atoms. The first-order valence-corrected chi connectivity index (χ1v) is 8.82. The van der Waals surface area contributed by atoms with E-state index < -0.39 is 26.1 Å². The van der Waals surface area contributed by atoms with Crippen LogP contribution in [0.5, 0.6) is 0 Å². The summed E-state index contributed by atoms with van der Waals surface area (Å²) in [5, 5.41) is 0. The zero-order valence-corrected chi connectivity index (χ0v) is 7.58. The molecule has 0 radical (unpaired) electrons. The lowest BCUT2D eigenvalue weighted by atomic mass is 11.9. The Morgan fingerprint density at radius 2 is 2.57 bits per heavy atom. The van der Waals surface area contributed by atoms with Crippen LogP contribution < -0.4 is 0 Å². The topological polar surface area (TPSA) is 35.5 Å². The van der Waals surface area contributed by atoms with Gasteiger partial charge in [-0.15, -0.1) is 0 Å². The smallest absolute Gasteiger partial charge is 0.298 e. The van der Waals surface area contributed by atoms with Gasteiger partial charge in [0.1, 0.15) is 0 Å². The second-order valence-electron chi connectivity index (χ2n) is 1.49. The van der Waals surface area contributed by atoms with Crippen molar-refractivity contribution in [2.75, 3.05) is 0 Å². The van der Waals surface area contributed by atoms with Gasteiger partial charge in [-0.2, -0.15) is 0 Å². The van der Waals surface area contributed by atoms with Crippen molar-refractivity contribution in [2.24, 2.45) is 0 Å². The lowest BCUT2D eigenvalue weighted by Gasteiger charge is -1.87. The Morgan fingerprint density at radius 3 is 2.71 bits per heavy atom. The zero-order chi connectivity index (χ0) is 5.28. The van der Waals surface area contributed by atoms with E-state index in [1.807, 2.05) is 6.55 Å². The zero-order valence-electron chi connectivity index (χ0n) is 4.01. The van der Waals surface area contributed by atoms with Gasteiger partial charge in [-0.3, -0.25) is 4.57 Å². The Kier molecular flexibility index (Phi) is 1.82. The molecule has 3 nitrogen and oxygen atoms in total. The van der Waals surface area contributed by atoms with E-state index >= 15 is 0 Å². The van der Waals surface area contributed by atoms with E-state index in [0.29, 0.717) is 0 Å². The molecule has 0 aromatic heterocycles. The van der Waals surface area contributed by atoms with E-state index in [1.165, 1.54) is 0 Å². The van der Waals surface area contributed by atoms with E-state index in [0.717, 1.165) is 0 Å². The second-order valence-corrected chi connectivity index (χ2v) is 10.5. The van der Waals surface area contributed by atoms with Crippen LogP contribution in [0, 0.1) is 0 Å². The minimum absolute atomic E-state index is 0.430. The van der Waals surface area contributed by atoms with Crippen molar-refractivity contribution in [3.63, 3.8) is 0 Å². The van der Waals surface area contributed by atoms with Crippen LogP contribution in [0.2, 0.25) is 6.55 Å². The largest absolute Gasteiger partial charge is 0.362 e. The normalized spacial score (nSPS) is 45.3. The summed E-state index contributed by atoms with van der Waals surface area (Å²) in [6, 6.07) is 0. The summed E-state index contributed by atoms with van der Waals surface area (Å²) in [7, 11) is -3.32. The summed E-state index contributed by atoms with van der Waals surface area (Å²) in [6.07, 6.45) is 0. The molecule has 0 N–H and O–H groups in total. The average Bonchev–Trinajstić information content (AvgIpc) is 1.87. The Labute approximate surface area is 46.4 Å². The van der Waals surface area contributed by atoms with Crippen molar-refractivity contribution in [3.8, 4) is 0 Å². The maximum atomic E-state index is 10.3. The summed E-state index contributed by atoms with van der Waals surface area (Å²) < 4.78 is 19.9. The first-order valence-electron chi connectivity index (χ1n) is 2.12. The highest BCUT2D eigenvalue weighted by Gasteiger charge is 2.18. The van der Waals surface area contributed by atoms with E-state index in [1.54, 1.807) is 0 Å². The van der Waals surface area contributed by atoms with Crippen molar-refractivity contribution in [2.45, 2.75) is 6.55 Å². The first kappa shape index (κ1) is 5.72. The van der Waals surface area contributed by atoms with Crippen LogP contribution in [-0.4, -0.2) is 17.8 Å². The van der Waals surface area contributed by atoms with Gasteiger partial charge in [0.2, 0.25) is 0 Å². The summed E-state index contributed by atoms with van der Waals surface area (Å²) in [4.78, 5) is 0. The molecule has 0 aromatic rings. The van der Waals surface area contributed by atoms with Crippen molar-refractivity contribution >= 4 is 26.1 Å². The summed E-state index contributed by atoms with van der Waals surface area (Å²) in [5.41, 5.74) is 0. The van der Waals surface area contributed by atoms with Crippen LogP contribution in [0.1, 0.15) is 0 Å².